The highest BCUT2D eigenvalue weighted by atomic mass is 32.1. The van der Waals surface area contributed by atoms with E-state index in [1.54, 1.807) is 11.3 Å². The number of aryl methyl sites for hydroxylation is 1. The van der Waals surface area contributed by atoms with E-state index in [9.17, 15) is 9.59 Å². The van der Waals surface area contributed by atoms with Crippen LogP contribution in [0.4, 0.5) is 4.79 Å². The number of nitrogens with one attached hydrogen (secondary N) is 2. The summed E-state index contributed by atoms with van der Waals surface area (Å²) in [5.74, 6) is 0.0990. The van der Waals surface area contributed by atoms with Crippen LogP contribution >= 0.6 is 11.3 Å². The number of nitrogens with zero attached hydrogens (tertiary/aromatic N) is 1. The summed E-state index contributed by atoms with van der Waals surface area (Å²) in [6.07, 6.45) is 0.378. The summed E-state index contributed by atoms with van der Waals surface area (Å²) in [4.78, 5) is 26.9. The third-order valence-electron chi connectivity index (χ3n) is 3.65. The van der Waals surface area contributed by atoms with Crippen molar-refractivity contribution < 1.29 is 9.59 Å². The number of amides is 3. The van der Waals surface area contributed by atoms with Crippen LogP contribution in [0.3, 0.4) is 0 Å². The monoisotopic (exact) mass is 309 g/mol. The van der Waals surface area contributed by atoms with Gasteiger partial charge in [0.05, 0.1) is 12.6 Å². The molecule has 2 heterocycles. The molecule has 2 rings (SSSR count). The molecule has 0 spiro atoms. The first-order valence-electron chi connectivity index (χ1n) is 7.15. The summed E-state index contributed by atoms with van der Waals surface area (Å²) >= 11 is 1.63. The second-order valence-electron chi connectivity index (χ2n) is 6.43. The molecule has 0 bridgehead atoms. The second kappa shape index (κ2) is 6.05. The molecule has 1 fully saturated rings. The number of carbonyl (C=O) groups excluding carboxylic acids is 2. The van der Waals surface area contributed by atoms with Crippen molar-refractivity contribution in [1.82, 2.24) is 15.5 Å². The number of urea groups is 1. The number of hydrogen-bond donors (Lipinski definition) is 2. The number of hydrogen-bond acceptors (Lipinski definition) is 3. The van der Waals surface area contributed by atoms with Gasteiger partial charge in [-0.25, -0.2) is 4.79 Å². The third-order valence-corrected chi connectivity index (χ3v) is 4.67. The van der Waals surface area contributed by atoms with Crippen molar-refractivity contribution in [3.8, 4) is 0 Å². The van der Waals surface area contributed by atoms with E-state index >= 15 is 0 Å². The lowest BCUT2D eigenvalue weighted by Gasteiger charge is -2.32. The quantitative estimate of drug-likeness (QED) is 0.899. The molecule has 1 aromatic heterocycles. The van der Waals surface area contributed by atoms with Crippen molar-refractivity contribution in [2.24, 2.45) is 0 Å². The lowest BCUT2D eigenvalue weighted by atomic mass is 10.1. The van der Waals surface area contributed by atoms with Crippen molar-refractivity contribution in [3.05, 3.63) is 21.9 Å². The lowest BCUT2D eigenvalue weighted by molar-refractivity contribution is -0.131. The predicted octanol–water partition coefficient (Wildman–Crippen LogP) is 2.26. The molecular weight excluding hydrogens is 286 g/mol. The molecule has 21 heavy (non-hydrogen) atoms. The summed E-state index contributed by atoms with van der Waals surface area (Å²) in [6.45, 7) is 9.15. The molecule has 1 aliphatic heterocycles. The highest BCUT2D eigenvalue weighted by molar-refractivity contribution is 7.10. The summed E-state index contributed by atoms with van der Waals surface area (Å²) in [5, 5.41) is 7.75. The minimum Gasteiger partial charge on any atom is -0.336 e. The zero-order valence-corrected chi connectivity index (χ0v) is 13.8. The van der Waals surface area contributed by atoms with E-state index in [2.05, 4.69) is 10.6 Å². The molecule has 0 aromatic carbocycles. The fraction of sp³-hybridized carbons (Fsp3) is 0.600. The van der Waals surface area contributed by atoms with E-state index in [0.717, 1.165) is 4.88 Å². The Morgan fingerprint density at radius 2 is 2.19 bits per heavy atom. The predicted molar refractivity (Wildman–Crippen MR) is 84.3 cm³/mol. The van der Waals surface area contributed by atoms with Crippen molar-refractivity contribution in [1.29, 1.82) is 0 Å². The maximum Gasteiger partial charge on any atom is 0.315 e. The van der Waals surface area contributed by atoms with Gasteiger partial charge in [0.15, 0.2) is 0 Å². The largest absolute Gasteiger partial charge is 0.336 e. The normalized spacial score (nSPS) is 19.0. The van der Waals surface area contributed by atoms with Crippen LogP contribution in [0.15, 0.2) is 11.4 Å². The minimum atomic E-state index is -0.212. The molecule has 5 nitrogen and oxygen atoms in total. The van der Waals surface area contributed by atoms with E-state index in [1.165, 1.54) is 5.56 Å². The molecule has 0 aliphatic carbocycles. The fourth-order valence-electron chi connectivity index (χ4n) is 2.43. The lowest BCUT2D eigenvalue weighted by Crippen LogP contribution is -2.46. The van der Waals surface area contributed by atoms with E-state index in [0.29, 0.717) is 19.5 Å². The summed E-state index contributed by atoms with van der Waals surface area (Å²) in [7, 11) is 0. The summed E-state index contributed by atoms with van der Waals surface area (Å²) < 4.78 is 0. The van der Waals surface area contributed by atoms with E-state index < -0.39 is 0 Å². The van der Waals surface area contributed by atoms with Gasteiger partial charge in [-0.3, -0.25) is 4.79 Å². The molecule has 3 amide bonds. The first-order valence-corrected chi connectivity index (χ1v) is 8.03. The highest BCUT2D eigenvalue weighted by Crippen LogP contribution is 2.21. The first kappa shape index (κ1) is 15.8. The standard InChI is InChI=1S/C15H23N3O2S/c1-10-5-6-21-12(10)8-16-14(20)17-11-7-13(19)18(9-11)15(2,3)4/h5-6,11H,7-9H2,1-4H3,(H2,16,17,20)/t11-/m1/s1. The van der Waals surface area contributed by atoms with Gasteiger partial charge in [-0.15, -0.1) is 11.3 Å². The van der Waals surface area contributed by atoms with Gasteiger partial charge in [0.1, 0.15) is 0 Å². The molecule has 1 aromatic rings. The van der Waals surface area contributed by atoms with Gasteiger partial charge < -0.3 is 15.5 Å². The van der Waals surface area contributed by atoms with Crippen LogP contribution in [-0.2, 0) is 11.3 Å². The van der Waals surface area contributed by atoms with Crippen LogP contribution in [0.25, 0.3) is 0 Å². The van der Waals surface area contributed by atoms with E-state index in [-0.39, 0.29) is 23.5 Å². The van der Waals surface area contributed by atoms with Crippen molar-refractivity contribution in [2.45, 2.75) is 52.2 Å². The van der Waals surface area contributed by atoms with Gasteiger partial charge >= 0.3 is 6.03 Å². The number of rotatable bonds is 3. The van der Waals surface area contributed by atoms with Crippen molar-refractivity contribution >= 4 is 23.3 Å². The Kier molecular flexibility index (Phi) is 4.56. The summed E-state index contributed by atoms with van der Waals surface area (Å²) in [5.41, 5.74) is 0.994. The Morgan fingerprint density at radius 1 is 1.48 bits per heavy atom. The Bertz CT molecular complexity index is 533. The number of carbonyl (C=O) groups is 2. The van der Waals surface area contributed by atoms with Crippen LogP contribution in [0.5, 0.6) is 0 Å². The average Bonchev–Trinajstić information content (AvgIpc) is 2.92. The topological polar surface area (TPSA) is 61.4 Å². The Balaban J connectivity index is 1.81. The number of likely N-dealkylation sites (tertiary alicyclic amines) is 1. The molecule has 0 unspecified atom stereocenters. The Labute approximate surface area is 129 Å². The van der Waals surface area contributed by atoms with Crippen LogP contribution in [0, 0.1) is 6.92 Å². The van der Waals surface area contributed by atoms with Gasteiger partial charge in [0, 0.05) is 23.4 Å². The smallest absolute Gasteiger partial charge is 0.315 e. The maximum absolute atomic E-state index is 12.0. The van der Waals surface area contributed by atoms with Gasteiger partial charge in [0.2, 0.25) is 5.91 Å². The third kappa shape index (κ3) is 3.97. The minimum absolute atomic E-state index is 0.0990. The molecule has 6 heteroatoms. The highest BCUT2D eigenvalue weighted by Gasteiger charge is 2.36. The van der Waals surface area contributed by atoms with Crippen LogP contribution in [0.2, 0.25) is 0 Å². The zero-order valence-electron chi connectivity index (χ0n) is 13.0. The van der Waals surface area contributed by atoms with Crippen LogP contribution in [-0.4, -0.2) is 35.0 Å². The van der Waals surface area contributed by atoms with E-state index in [4.69, 9.17) is 0 Å². The summed E-state index contributed by atoms with van der Waals surface area (Å²) in [6, 6.07) is 1.72. The van der Waals surface area contributed by atoms with Gasteiger partial charge in [-0.2, -0.15) is 0 Å². The maximum atomic E-state index is 12.0. The van der Waals surface area contributed by atoms with Gasteiger partial charge in [-0.05, 0) is 44.7 Å². The van der Waals surface area contributed by atoms with Crippen molar-refractivity contribution in [3.63, 3.8) is 0 Å². The van der Waals surface area contributed by atoms with Crippen LogP contribution < -0.4 is 10.6 Å². The molecule has 1 aliphatic rings. The molecule has 116 valence electrons. The molecule has 0 saturated carbocycles. The molecule has 0 radical (unpaired) electrons. The average molecular weight is 309 g/mol. The Hall–Kier alpha value is -1.56. The first-order chi connectivity index (χ1) is 9.77. The second-order valence-corrected chi connectivity index (χ2v) is 7.43. The van der Waals surface area contributed by atoms with Gasteiger partial charge in [0.25, 0.3) is 0 Å². The van der Waals surface area contributed by atoms with Crippen molar-refractivity contribution in [2.75, 3.05) is 6.54 Å². The molecule has 1 atom stereocenters. The SMILES string of the molecule is Cc1ccsc1CNC(=O)N[C@@H]1CC(=O)N(C(C)(C)C)C1. The van der Waals surface area contributed by atoms with Gasteiger partial charge in [-0.1, -0.05) is 0 Å². The Morgan fingerprint density at radius 3 is 2.71 bits per heavy atom. The molecule has 1 saturated heterocycles. The number of thiophene rings is 1. The zero-order chi connectivity index (χ0) is 15.6. The van der Waals surface area contributed by atoms with Crippen LogP contribution in [0.1, 0.15) is 37.6 Å². The molecular formula is C15H23N3O2S. The molecule has 2 N–H and O–H groups in total. The van der Waals surface area contributed by atoms with E-state index in [1.807, 2.05) is 44.0 Å². The fourth-order valence-corrected chi connectivity index (χ4v) is 3.28.